The summed E-state index contributed by atoms with van der Waals surface area (Å²) in [6.45, 7) is 0. The number of allylic oxidation sites excluding steroid dienone is 1. The molecule has 1 N–H and O–H groups in total. The van der Waals surface area contributed by atoms with Gasteiger partial charge in [-0.3, -0.25) is 4.18 Å². The molecule has 4 saturated carbocycles. The molecule has 2 unspecified atom stereocenters. The first-order valence-electron chi connectivity index (χ1n) is 8.12. The highest BCUT2D eigenvalue weighted by Crippen LogP contribution is 2.64. The van der Waals surface area contributed by atoms with Crippen LogP contribution in [0.4, 0.5) is 26.3 Å². The zero-order chi connectivity index (χ0) is 20.5. The van der Waals surface area contributed by atoms with Crippen LogP contribution < -0.4 is 0 Å². The fraction of sp³-hybridized carbons (Fsp3) is 0.800. The van der Waals surface area contributed by atoms with Gasteiger partial charge in [0.05, 0.1) is 5.60 Å². The predicted molar refractivity (Wildman–Crippen MR) is 77.7 cm³/mol. The smallest absolute Gasteiger partial charge is 0.478 e. The van der Waals surface area contributed by atoms with E-state index in [0.29, 0.717) is 12.5 Å². The molecule has 0 spiro atoms. The number of carbonyl (C=O) groups is 1. The summed E-state index contributed by atoms with van der Waals surface area (Å²) in [5, 5.41) is 8.90. The van der Waals surface area contributed by atoms with E-state index in [1.165, 1.54) is 0 Å². The van der Waals surface area contributed by atoms with Gasteiger partial charge in [0.2, 0.25) is 0 Å². The molecule has 2 atom stereocenters. The first-order valence-corrected chi connectivity index (χ1v) is 9.53. The monoisotopic (exact) mass is 422 g/mol. The van der Waals surface area contributed by atoms with Gasteiger partial charge in [0, 0.05) is 0 Å². The predicted octanol–water partition coefficient (Wildman–Crippen LogP) is 3.76. The van der Waals surface area contributed by atoms with Crippen molar-refractivity contribution in [3.05, 3.63) is 11.6 Å². The van der Waals surface area contributed by atoms with E-state index >= 15 is 0 Å². The van der Waals surface area contributed by atoms with Gasteiger partial charge in [-0.15, -0.1) is 0 Å². The standard InChI is InChI=1S/C15H16F6O5S/c16-14(17,18)10(11(22)23)6-12-2-8-1-9(3-12)5-13(4-8,7-12)26-27(24,25)15(19,20)21/h6,8-9H,1-5,7H2,(H,22,23). The molecule has 27 heavy (non-hydrogen) atoms. The molecule has 0 amide bonds. The minimum Gasteiger partial charge on any atom is -0.478 e. The lowest BCUT2D eigenvalue weighted by molar-refractivity contribution is -0.151. The van der Waals surface area contributed by atoms with Crippen molar-refractivity contribution in [2.45, 2.75) is 55.8 Å². The molecular formula is C15H16F6O5S. The number of carboxylic acid groups (broad SMARTS) is 1. The Morgan fingerprint density at radius 3 is 1.96 bits per heavy atom. The van der Waals surface area contributed by atoms with E-state index in [2.05, 4.69) is 4.18 Å². The van der Waals surface area contributed by atoms with Crippen molar-refractivity contribution in [1.29, 1.82) is 0 Å². The molecule has 12 heteroatoms. The summed E-state index contributed by atoms with van der Waals surface area (Å²) in [5.74, 6) is -2.83. The number of hydrogen-bond donors (Lipinski definition) is 1. The van der Waals surface area contributed by atoms with Crippen molar-refractivity contribution in [2.75, 3.05) is 0 Å². The molecule has 0 aliphatic heterocycles. The van der Waals surface area contributed by atoms with Crippen LogP contribution >= 0.6 is 0 Å². The van der Waals surface area contributed by atoms with Gasteiger partial charge in [-0.2, -0.15) is 34.8 Å². The Kier molecular flexibility index (Phi) is 4.43. The van der Waals surface area contributed by atoms with E-state index in [-0.39, 0.29) is 37.5 Å². The summed E-state index contributed by atoms with van der Waals surface area (Å²) in [5.41, 5.74) is -10.5. The average Bonchev–Trinajstić information content (AvgIpc) is 2.39. The molecule has 154 valence electrons. The van der Waals surface area contributed by atoms with Crippen molar-refractivity contribution in [3.63, 3.8) is 0 Å². The Morgan fingerprint density at radius 1 is 1.04 bits per heavy atom. The van der Waals surface area contributed by atoms with Gasteiger partial charge in [0.25, 0.3) is 0 Å². The van der Waals surface area contributed by atoms with Crippen LogP contribution in [0, 0.1) is 17.3 Å². The van der Waals surface area contributed by atoms with Crippen LogP contribution in [-0.2, 0) is 19.1 Å². The summed E-state index contributed by atoms with van der Waals surface area (Å²) < 4.78 is 105. The molecule has 4 fully saturated rings. The number of aliphatic carboxylic acids is 1. The molecule has 0 heterocycles. The molecule has 4 aliphatic rings. The first-order chi connectivity index (χ1) is 12.1. The molecule has 0 aromatic carbocycles. The molecule has 4 rings (SSSR count). The van der Waals surface area contributed by atoms with Gasteiger partial charge in [-0.05, 0) is 55.8 Å². The fourth-order valence-electron chi connectivity index (χ4n) is 5.37. The van der Waals surface area contributed by atoms with Crippen molar-refractivity contribution >= 4 is 16.1 Å². The van der Waals surface area contributed by atoms with Gasteiger partial charge in [-0.1, -0.05) is 6.08 Å². The van der Waals surface area contributed by atoms with Crippen molar-refractivity contribution < 1.29 is 48.8 Å². The molecule has 0 radical (unpaired) electrons. The maximum absolute atomic E-state index is 13.1. The molecule has 5 nitrogen and oxygen atoms in total. The lowest BCUT2D eigenvalue weighted by Gasteiger charge is -2.60. The minimum absolute atomic E-state index is 0.0111. The van der Waals surface area contributed by atoms with Crippen LogP contribution in [0.15, 0.2) is 11.6 Å². The molecular weight excluding hydrogens is 406 g/mol. The van der Waals surface area contributed by atoms with Crippen LogP contribution in [0.2, 0.25) is 0 Å². The minimum atomic E-state index is -5.92. The Balaban J connectivity index is 2.00. The SMILES string of the molecule is O=C(O)C(=CC12CC3CC(C1)CC(OS(=O)(=O)C(F)(F)F)(C3)C2)C(F)(F)F. The largest absolute Gasteiger partial charge is 0.523 e. The zero-order valence-electron chi connectivity index (χ0n) is 13.7. The second-order valence-electron chi connectivity index (χ2n) is 7.85. The quantitative estimate of drug-likeness (QED) is 0.323. The molecule has 4 aliphatic carbocycles. The third kappa shape index (κ3) is 3.69. The van der Waals surface area contributed by atoms with Gasteiger partial charge in [0.1, 0.15) is 5.57 Å². The summed E-state index contributed by atoms with van der Waals surface area (Å²) >= 11 is 0. The normalized spacial score (nSPS) is 36.9. The van der Waals surface area contributed by atoms with E-state index in [4.69, 9.17) is 5.11 Å². The lowest BCUT2D eigenvalue weighted by atomic mass is 9.48. The van der Waals surface area contributed by atoms with Crippen LogP contribution in [0.1, 0.15) is 38.5 Å². The van der Waals surface area contributed by atoms with E-state index in [0.717, 1.165) is 0 Å². The van der Waals surface area contributed by atoms with E-state index < -0.39 is 50.8 Å². The molecule has 0 aromatic heterocycles. The number of halogens is 6. The number of carboxylic acids is 1. The highest BCUT2D eigenvalue weighted by atomic mass is 32.2. The Morgan fingerprint density at radius 2 is 1.56 bits per heavy atom. The number of rotatable bonds is 4. The Bertz CT molecular complexity index is 767. The van der Waals surface area contributed by atoms with Crippen LogP contribution in [0.5, 0.6) is 0 Å². The van der Waals surface area contributed by atoms with Crippen LogP contribution in [-0.4, -0.2) is 36.8 Å². The summed E-state index contributed by atoms with van der Waals surface area (Å²) in [6, 6.07) is 0. The molecule has 0 aromatic rings. The van der Waals surface area contributed by atoms with Gasteiger partial charge in [-0.25, -0.2) is 4.79 Å². The average molecular weight is 422 g/mol. The zero-order valence-corrected chi connectivity index (χ0v) is 14.5. The topological polar surface area (TPSA) is 80.7 Å². The lowest BCUT2D eigenvalue weighted by Crippen LogP contribution is -2.57. The summed E-state index contributed by atoms with van der Waals surface area (Å²) in [4.78, 5) is 11.0. The number of alkyl halides is 6. The first kappa shape index (κ1) is 20.4. The Hall–Kier alpha value is -1.30. The van der Waals surface area contributed by atoms with Gasteiger partial charge < -0.3 is 5.11 Å². The second-order valence-corrected chi connectivity index (χ2v) is 9.39. The third-order valence-corrected chi connectivity index (χ3v) is 6.75. The molecule has 4 bridgehead atoms. The molecule has 0 saturated heterocycles. The third-order valence-electron chi connectivity index (χ3n) is 5.61. The highest BCUT2D eigenvalue weighted by molar-refractivity contribution is 7.87. The summed E-state index contributed by atoms with van der Waals surface area (Å²) in [6.07, 6.45) is -4.13. The van der Waals surface area contributed by atoms with E-state index in [1.807, 2.05) is 0 Å². The highest BCUT2D eigenvalue weighted by Gasteiger charge is 2.62. The maximum Gasteiger partial charge on any atom is 0.523 e. The van der Waals surface area contributed by atoms with Gasteiger partial charge in [0.15, 0.2) is 0 Å². The van der Waals surface area contributed by atoms with Crippen molar-refractivity contribution in [1.82, 2.24) is 0 Å². The van der Waals surface area contributed by atoms with E-state index in [1.54, 1.807) is 0 Å². The van der Waals surface area contributed by atoms with Crippen LogP contribution in [0.25, 0.3) is 0 Å². The second kappa shape index (κ2) is 5.85. The fourth-order valence-corrected chi connectivity index (χ4v) is 6.12. The van der Waals surface area contributed by atoms with Gasteiger partial charge >= 0.3 is 27.8 Å². The number of hydrogen-bond acceptors (Lipinski definition) is 4. The van der Waals surface area contributed by atoms with Crippen molar-refractivity contribution in [2.24, 2.45) is 17.3 Å². The maximum atomic E-state index is 13.1. The summed E-state index contributed by atoms with van der Waals surface area (Å²) in [7, 11) is -5.92. The Labute approximate surface area is 150 Å². The van der Waals surface area contributed by atoms with Crippen molar-refractivity contribution in [3.8, 4) is 0 Å². The van der Waals surface area contributed by atoms with E-state index in [9.17, 15) is 39.6 Å². The van der Waals surface area contributed by atoms with Crippen LogP contribution in [0.3, 0.4) is 0 Å².